The number of hydrogen-bond acceptors (Lipinski definition) is 8. The molecule has 3 aromatic rings. The molecule has 0 bridgehead atoms. The van der Waals surface area contributed by atoms with Crippen molar-refractivity contribution in [2.24, 2.45) is 5.73 Å². The number of nitrogens with two attached hydrogens (primary N) is 1. The highest BCUT2D eigenvalue weighted by Crippen LogP contribution is 2.32. The Bertz CT molecular complexity index is 1170. The number of hydrogen-bond donors (Lipinski definition) is 3. The lowest BCUT2D eigenvalue weighted by Gasteiger charge is -2.14. The molecular weight excluding hydrogens is 434 g/mol. The SMILES string of the molecule is COc1ncnc(NS(=O)(=O)c2ccc(NC(=O)[C@@H](N)Cc3ccccc3)cc2)c1OC. The van der Waals surface area contributed by atoms with Crippen molar-refractivity contribution in [2.45, 2.75) is 17.4 Å². The van der Waals surface area contributed by atoms with Crippen molar-refractivity contribution in [3.63, 3.8) is 0 Å². The molecule has 0 saturated heterocycles. The number of methoxy groups -OCH3 is 2. The molecule has 1 atom stereocenters. The Labute approximate surface area is 185 Å². The summed E-state index contributed by atoms with van der Waals surface area (Å²) in [7, 11) is -1.26. The van der Waals surface area contributed by atoms with Gasteiger partial charge in [0.2, 0.25) is 11.7 Å². The first-order valence-corrected chi connectivity index (χ1v) is 11.0. The van der Waals surface area contributed by atoms with Gasteiger partial charge in [0.15, 0.2) is 5.82 Å². The maximum absolute atomic E-state index is 12.7. The van der Waals surface area contributed by atoms with Crippen LogP contribution in [-0.4, -0.2) is 44.6 Å². The van der Waals surface area contributed by atoms with Crippen molar-refractivity contribution >= 4 is 27.4 Å². The van der Waals surface area contributed by atoms with Crippen molar-refractivity contribution < 1.29 is 22.7 Å². The Morgan fingerprint density at radius 2 is 1.72 bits per heavy atom. The summed E-state index contributed by atoms with van der Waals surface area (Å²) in [4.78, 5) is 20.1. The highest BCUT2D eigenvalue weighted by atomic mass is 32.2. The average molecular weight is 458 g/mol. The van der Waals surface area contributed by atoms with Gasteiger partial charge in [-0.1, -0.05) is 30.3 Å². The van der Waals surface area contributed by atoms with Crippen molar-refractivity contribution in [3.8, 4) is 11.6 Å². The summed E-state index contributed by atoms with van der Waals surface area (Å²) in [6.45, 7) is 0. The van der Waals surface area contributed by atoms with Gasteiger partial charge >= 0.3 is 0 Å². The van der Waals surface area contributed by atoms with Gasteiger partial charge in [-0.2, -0.15) is 4.98 Å². The molecule has 3 rings (SSSR count). The van der Waals surface area contributed by atoms with Crippen LogP contribution in [0.4, 0.5) is 11.5 Å². The molecular formula is C21H23N5O5S. The molecule has 4 N–H and O–H groups in total. The second-order valence-corrected chi connectivity index (χ2v) is 8.36. The summed E-state index contributed by atoms with van der Waals surface area (Å²) in [5.41, 5.74) is 7.34. The molecule has 0 fully saturated rings. The molecule has 0 aliphatic rings. The largest absolute Gasteiger partial charge is 0.489 e. The smallest absolute Gasteiger partial charge is 0.263 e. The molecule has 1 heterocycles. The maximum Gasteiger partial charge on any atom is 0.263 e. The normalized spacial score (nSPS) is 12.0. The lowest BCUT2D eigenvalue weighted by molar-refractivity contribution is -0.117. The zero-order valence-electron chi connectivity index (χ0n) is 17.5. The fourth-order valence-electron chi connectivity index (χ4n) is 2.86. The number of sulfonamides is 1. The van der Waals surface area contributed by atoms with Crippen LogP contribution in [0.25, 0.3) is 0 Å². The molecule has 1 amide bonds. The molecule has 32 heavy (non-hydrogen) atoms. The Morgan fingerprint density at radius 1 is 1.03 bits per heavy atom. The molecule has 0 spiro atoms. The van der Waals surface area contributed by atoms with Crippen LogP contribution >= 0.6 is 0 Å². The Balaban J connectivity index is 1.69. The van der Waals surface area contributed by atoms with E-state index in [1.807, 2.05) is 30.3 Å². The maximum atomic E-state index is 12.7. The Morgan fingerprint density at radius 3 is 2.34 bits per heavy atom. The van der Waals surface area contributed by atoms with Crippen molar-refractivity contribution in [2.75, 3.05) is 24.3 Å². The number of nitrogens with zero attached hydrogens (tertiary/aromatic N) is 2. The van der Waals surface area contributed by atoms with E-state index in [4.69, 9.17) is 15.2 Å². The second-order valence-electron chi connectivity index (χ2n) is 6.68. The van der Waals surface area contributed by atoms with E-state index in [1.165, 1.54) is 38.5 Å². The summed E-state index contributed by atoms with van der Waals surface area (Å²) in [5.74, 6) is -0.302. The number of amides is 1. The van der Waals surface area contributed by atoms with Gasteiger partial charge in [-0.15, -0.1) is 0 Å². The molecule has 168 valence electrons. The topological polar surface area (TPSA) is 146 Å². The molecule has 1 aromatic heterocycles. The molecule has 0 aliphatic carbocycles. The average Bonchev–Trinajstić information content (AvgIpc) is 2.79. The summed E-state index contributed by atoms with van der Waals surface area (Å²) in [6.07, 6.45) is 1.53. The van der Waals surface area contributed by atoms with E-state index in [2.05, 4.69) is 20.0 Å². The third kappa shape index (κ3) is 5.50. The van der Waals surface area contributed by atoms with Crippen LogP contribution in [-0.2, 0) is 21.2 Å². The van der Waals surface area contributed by atoms with E-state index in [9.17, 15) is 13.2 Å². The predicted molar refractivity (Wildman–Crippen MR) is 119 cm³/mol. The van der Waals surface area contributed by atoms with Gasteiger partial charge in [-0.25, -0.2) is 13.4 Å². The molecule has 11 heteroatoms. The third-order valence-corrected chi connectivity index (χ3v) is 5.82. The monoisotopic (exact) mass is 457 g/mol. The Hall–Kier alpha value is -3.70. The van der Waals surface area contributed by atoms with Crippen molar-refractivity contribution in [1.29, 1.82) is 0 Å². The van der Waals surface area contributed by atoms with E-state index < -0.39 is 16.1 Å². The summed E-state index contributed by atoms with van der Waals surface area (Å²) < 4.78 is 38.0. The first-order valence-electron chi connectivity index (χ1n) is 9.50. The van der Waals surface area contributed by atoms with Crippen LogP contribution < -0.4 is 25.2 Å². The number of rotatable bonds is 9. The molecule has 2 aromatic carbocycles. The number of nitrogens with one attached hydrogen (secondary N) is 2. The highest BCUT2D eigenvalue weighted by molar-refractivity contribution is 7.92. The quantitative estimate of drug-likeness (QED) is 0.441. The van der Waals surface area contributed by atoms with E-state index >= 15 is 0 Å². The number of carbonyl (C=O) groups excluding carboxylic acids is 1. The minimum atomic E-state index is -3.99. The van der Waals surface area contributed by atoms with Crippen LogP contribution in [0.15, 0.2) is 65.8 Å². The lowest BCUT2D eigenvalue weighted by Crippen LogP contribution is -2.37. The van der Waals surface area contributed by atoms with Crippen molar-refractivity contribution in [1.82, 2.24) is 9.97 Å². The fraction of sp³-hybridized carbons (Fsp3) is 0.190. The van der Waals surface area contributed by atoms with Gasteiger partial charge in [0.05, 0.1) is 25.2 Å². The van der Waals surface area contributed by atoms with E-state index in [0.29, 0.717) is 12.1 Å². The summed E-state index contributed by atoms with van der Waals surface area (Å²) in [6, 6.07) is 14.3. The summed E-state index contributed by atoms with van der Waals surface area (Å²) >= 11 is 0. The fourth-order valence-corrected chi connectivity index (χ4v) is 3.87. The van der Waals surface area contributed by atoms with Gasteiger partial charge in [0, 0.05) is 5.69 Å². The molecule has 0 radical (unpaired) electrons. The zero-order chi connectivity index (χ0) is 23.1. The number of anilines is 2. The van der Waals surface area contributed by atoms with E-state index in [1.54, 1.807) is 0 Å². The van der Waals surface area contributed by atoms with Gasteiger partial charge in [0.1, 0.15) is 6.33 Å². The highest BCUT2D eigenvalue weighted by Gasteiger charge is 2.21. The van der Waals surface area contributed by atoms with Crippen LogP contribution in [0.1, 0.15) is 5.56 Å². The first-order chi connectivity index (χ1) is 15.3. The molecule has 0 unspecified atom stereocenters. The third-order valence-electron chi connectivity index (χ3n) is 4.47. The minimum Gasteiger partial charge on any atom is -0.489 e. The van der Waals surface area contributed by atoms with E-state index in [0.717, 1.165) is 11.9 Å². The lowest BCUT2D eigenvalue weighted by atomic mass is 10.1. The summed E-state index contributed by atoms with van der Waals surface area (Å²) in [5, 5.41) is 2.69. The van der Waals surface area contributed by atoms with Gasteiger partial charge in [0.25, 0.3) is 15.9 Å². The number of aromatic nitrogens is 2. The first kappa shape index (κ1) is 23.0. The molecule has 0 aliphatic heterocycles. The number of carbonyl (C=O) groups is 1. The van der Waals surface area contributed by atoms with Crippen LogP contribution in [0.2, 0.25) is 0 Å². The van der Waals surface area contributed by atoms with Gasteiger partial charge < -0.3 is 20.5 Å². The Kier molecular flexibility index (Phi) is 7.23. The van der Waals surface area contributed by atoms with Crippen LogP contribution in [0.3, 0.4) is 0 Å². The minimum absolute atomic E-state index is 0.0382. The van der Waals surface area contributed by atoms with Gasteiger partial charge in [-0.3, -0.25) is 9.52 Å². The van der Waals surface area contributed by atoms with Crippen molar-refractivity contribution in [3.05, 3.63) is 66.5 Å². The van der Waals surface area contributed by atoms with E-state index in [-0.39, 0.29) is 28.3 Å². The van der Waals surface area contributed by atoms with Crippen LogP contribution in [0, 0.1) is 0 Å². The zero-order valence-corrected chi connectivity index (χ0v) is 18.3. The standard InChI is InChI=1S/C21H23N5O5S/c1-30-18-19(23-13-24-21(18)31-2)26-32(28,29)16-10-8-15(9-11-16)25-20(27)17(22)12-14-6-4-3-5-7-14/h3-11,13,17H,12,22H2,1-2H3,(H,25,27)(H,23,24,26)/t17-/m0/s1. The van der Waals surface area contributed by atoms with Gasteiger partial charge in [-0.05, 0) is 36.2 Å². The predicted octanol–water partition coefficient (Wildman–Crippen LogP) is 1.80. The van der Waals surface area contributed by atoms with Crippen LogP contribution in [0.5, 0.6) is 11.6 Å². The molecule has 10 nitrogen and oxygen atoms in total. The molecule has 0 saturated carbocycles. The second kappa shape index (κ2) is 10.1. The number of ether oxygens (including phenoxy) is 2. The number of benzene rings is 2.